The van der Waals surface area contributed by atoms with E-state index in [4.69, 9.17) is 0 Å². The summed E-state index contributed by atoms with van der Waals surface area (Å²) in [6.45, 7) is 0. The third-order valence-corrected chi connectivity index (χ3v) is 11.8. The molecular formula is C36H32INiP2+2. The van der Waals surface area contributed by atoms with E-state index in [1.807, 2.05) is 0 Å². The van der Waals surface area contributed by atoms with Gasteiger partial charge < -0.3 is 0 Å². The van der Waals surface area contributed by atoms with Crippen molar-refractivity contribution in [2.24, 2.45) is 0 Å². The molecule has 0 amide bonds. The molecule has 4 heteroatoms. The molecule has 201 valence electrons. The van der Waals surface area contributed by atoms with Crippen molar-refractivity contribution in [2.45, 2.75) is 0 Å². The second-order valence-corrected chi connectivity index (χ2v) is 13.9. The summed E-state index contributed by atoms with van der Waals surface area (Å²) in [5, 5.41) is 8.61. The van der Waals surface area contributed by atoms with E-state index in [-0.39, 0.29) is 0 Å². The molecule has 0 atom stereocenters. The number of hydrogen-bond acceptors (Lipinski definition) is 0. The van der Waals surface area contributed by atoms with Gasteiger partial charge in [0.05, 0.1) is 15.8 Å². The zero-order valence-electron chi connectivity index (χ0n) is 22.0. The minimum atomic E-state index is -0.877. The first kappa shape index (κ1) is 30.4. The van der Waals surface area contributed by atoms with Gasteiger partial charge in [-0.2, -0.15) is 0 Å². The molecule has 0 radical (unpaired) electrons. The van der Waals surface area contributed by atoms with Gasteiger partial charge in [0.2, 0.25) is 0 Å². The van der Waals surface area contributed by atoms with E-state index in [2.05, 4.69) is 194 Å². The zero-order valence-corrected chi connectivity index (χ0v) is 27.2. The van der Waals surface area contributed by atoms with Crippen molar-refractivity contribution in [3.63, 3.8) is 0 Å². The van der Waals surface area contributed by atoms with Crippen LogP contribution in [-0.2, 0) is 12.3 Å². The van der Waals surface area contributed by atoms with Gasteiger partial charge in [0.15, 0.2) is 0 Å². The van der Waals surface area contributed by atoms with E-state index in [1.165, 1.54) is 31.8 Å². The van der Waals surface area contributed by atoms with Crippen LogP contribution in [0.2, 0.25) is 0 Å². The summed E-state index contributed by atoms with van der Waals surface area (Å²) in [5.74, 6) is 0. The quantitative estimate of drug-likeness (QED) is 0.0972. The van der Waals surface area contributed by atoms with E-state index in [1.54, 1.807) is 20.5 Å². The Morgan fingerprint density at radius 1 is 0.250 bits per heavy atom. The molecular weight excluding hydrogens is 680 g/mol. The van der Waals surface area contributed by atoms with Crippen LogP contribution in [0.25, 0.3) is 0 Å². The third kappa shape index (κ3) is 8.70. The van der Waals surface area contributed by atoms with E-state index in [0.717, 1.165) is 0 Å². The molecule has 0 spiro atoms. The predicted molar refractivity (Wildman–Crippen MR) is 187 cm³/mol. The SMILES string of the molecule is [Ni][I].c1ccc([PH+](c2ccccc2)c2ccccc2)cc1.c1ccc([PH+](c2ccccc2)c2ccccc2)cc1. The molecule has 0 N–H and O–H groups in total. The summed E-state index contributed by atoms with van der Waals surface area (Å²) in [6, 6.07) is 65.0. The fraction of sp³-hybridized carbons (Fsp3) is 0. The van der Waals surface area contributed by atoms with Gasteiger partial charge in [0, 0.05) is 0 Å². The largest absolute Gasteiger partial charge is 0.102 e. The third-order valence-electron chi connectivity index (χ3n) is 6.37. The van der Waals surface area contributed by atoms with Gasteiger partial charge >= 0.3 is 32.8 Å². The summed E-state index contributed by atoms with van der Waals surface area (Å²) in [5.41, 5.74) is 0. The molecule has 0 saturated heterocycles. The van der Waals surface area contributed by atoms with Gasteiger partial charge in [-0.25, -0.2) is 0 Å². The fourth-order valence-electron chi connectivity index (χ4n) is 4.63. The Morgan fingerprint density at radius 2 is 0.375 bits per heavy atom. The predicted octanol–water partition coefficient (Wildman–Crippen LogP) is 7.24. The topological polar surface area (TPSA) is 0 Å². The van der Waals surface area contributed by atoms with E-state index in [9.17, 15) is 0 Å². The standard InChI is InChI=1S/2C18H15P.HI.Ni/c2*1-4-10-16(11-5-1)19(17-12-6-2-7-13-17)18-14-8-3-9-15-18;;/h2*1-15H;1H;/q;;;+1/p+1. The number of rotatable bonds is 6. The smallest absolute Gasteiger partial charge is 0.0620 e. The van der Waals surface area contributed by atoms with Gasteiger partial charge in [0.25, 0.3) is 0 Å². The monoisotopic (exact) mass is 711 g/mol. The van der Waals surface area contributed by atoms with Crippen LogP contribution in [0.15, 0.2) is 182 Å². The molecule has 0 bridgehead atoms. The van der Waals surface area contributed by atoms with Gasteiger partial charge in [-0.15, -0.1) is 0 Å². The van der Waals surface area contributed by atoms with Crippen LogP contribution in [0.1, 0.15) is 0 Å². The fourth-order valence-corrected chi connectivity index (χ4v) is 9.78. The van der Waals surface area contributed by atoms with E-state index in [0.29, 0.717) is 0 Å². The summed E-state index contributed by atoms with van der Waals surface area (Å²) in [6.07, 6.45) is 0. The Kier molecular flexibility index (Phi) is 13.1. The maximum absolute atomic E-state index is 3.84. The molecule has 0 heterocycles. The number of hydrogen-bond donors (Lipinski definition) is 0. The van der Waals surface area contributed by atoms with Crippen molar-refractivity contribution >= 4 is 68.2 Å². The molecule has 0 unspecified atom stereocenters. The molecule has 6 rings (SSSR count). The van der Waals surface area contributed by atoms with Crippen molar-refractivity contribution in [1.29, 1.82) is 0 Å². The van der Waals surface area contributed by atoms with Crippen LogP contribution in [0, 0.1) is 0 Å². The second kappa shape index (κ2) is 17.3. The first-order chi connectivity index (χ1) is 19.9. The Hall–Kier alpha value is -2.60. The molecule has 0 aromatic heterocycles. The Bertz CT molecular complexity index is 1180. The van der Waals surface area contributed by atoms with Crippen molar-refractivity contribution in [2.75, 3.05) is 0 Å². The van der Waals surface area contributed by atoms with Crippen LogP contribution >= 0.6 is 36.3 Å². The molecule has 6 aromatic carbocycles. The van der Waals surface area contributed by atoms with Gasteiger partial charge in [-0.05, 0) is 72.8 Å². The normalized spacial score (nSPS) is 10.2. The first-order valence-electron chi connectivity index (χ1n) is 13.1. The zero-order chi connectivity index (χ0) is 27.8. The van der Waals surface area contributed by atoms with Gasteiger partial charge in [-0.3, -0.25) is 0 Å². The van der Waals surface area contributed by atoms with Crippen LogP contribution in [0.5, 0.6) is 0 Å². The molecule has 0 saturated carbocycles. The minimum absolute atomic E-state index is 0.877. The summed E-state index contributed by atoms with van der Waals surface area (Å²) in [4.78, 5) is 0. The van der Waals surface area contributed by atoms with Crippen LogP contribution in [-0.4, -0.2) is 0 Å². The van der Waals surface area contributed by atoms with E-state index < -0.39 is 15.8 Å². The molecule has 0 aliphatic heterocycles. The first-order valence-corrected chi connectivity index (χ1v) is 19.3. The summed E-state index contributed by atoms with van der Waals surface area (Å²) >= 11 is 5.62. The van der Waals surface area contributed by atoms with Crippen molar-refractivity contribution in [3.8, 4) is 0 Å². The van der Waals surface area contributed by atoms with E-state index >= 15 is 0 Å². The summed E-state index contributed by atoms with van der Waals surface area (Å²) in [7, 11) is -1.75. The number of halogens is 1. The Balaban J connectivity index is 0.000000174. The average Bonchev–Trinajstić information content (AvgIpc) is 3.06. The molecule has 0 fully saturated rings. The second-order valence-electron chi connectivity index (χ2n) is 8.95. The van der Waals surface area contributed by atoms with Gasteiger partial charge in [-0.1, -0.05) is 109 Å². The van der Waals surface area contributed by atoms with Crippen LogP contribution in [0.3, 0.4) is 0 Å². The Morgan fingerprint density at radius 3 is 0.500 bits per heavy atom. The number of benzene rings is 6. The van der Waals surface area contributed by atoms with Gasteiger partial charge in [0.1, 0.15) is 31.8 Å². The molecule has 6 aromatic rings. The van der Waals surface area contributed by atoms with Crippen molar-refractivity contribution in [1.82, 2.24) is 0 Å². The average molecular weight is 712 g/mol. The molecule has 0 aliphatic rings. The molecule has 0 aliphatic carbocycles. The van der Waals surface area contributed by atoms with Crippen LogP contribution in [0.4, 0.5) is 0 Å². The summed E-state index contributed by atoms with van der Waals surface area (Å²) < 4.78 is 0. The minimum Gasteiger partial charge on any atom is -0.0620 e. The Labute approximate surface area is 260 Å². The van der Waals surface area contributed by atoms with Crippen molar-refractivity contribution < 1.29 is 12.3 Å². The van der Waals surface area contributed by atoms with Crippen molar-refractivity contribution in [3.05, 3.63) is 182 Å². The van der Waals surface area contributed by atoms with Crippen LogP contribution < -0.4 is 31.8 Å². The maximum Gasteiger partial charge on any atom is 0.102 e. The molecule has 0 nitrogen and oxygen atoms in total. The maximum atomic E-state index is 3.84. The molecule has 40 heavy (non-hydrogen) atoms.